The van der Waals surface area contributed by atoms with Gasteiger partial charge in [-0.15, -0.1) is 0 Å². The molecule has 1 fully saturated rings. The molecule has 0 amide bonds. The molecule has 2 atom stereocenters. The number of rotatable bonds is 4. The van der Waals surface area contributed by atoms with Gasteiger partial charge in [-0.2, -0.15) is 0 Å². The van der Waals surface area contributed by atoms with E-state index in [4.69, 9.17) is 5.73 Å². The summed E-state index contributed by atoms with van der Waals surface area (Å²) in [5.41, 5.74) is 6.65. The van der Waals surface area contributed by atoms with Crippen molar-refractivity contribution in [3.63, 3.8) is 0 Å². The van der Waals surface area contributed by atoms with Crippen molar-refractivity contribution in [1.82, 2.24) is 0 Å². The number of piperidine rings is 1. The second kappa shape index (κ2) is 6.70. The SMILES string of the molecule is COC(=O)CCC1CC(N)CN(c2ccccc2F)C1. The normalized spacial score (nSPS) is 22.6. The minimum absolute atomic E-state index is 0.00556. The first-order valence-corrected chi connectivity index (χ1v) is 6.92. The topological polar surface area (TPSA) is 55.6 Å². The summed E-state index contributed by atoms with van der Waals surface area (Å²) >= 11 is 0. The van der Waals surface area contributed by atoms with Crippen LogP contribution in [0.1, 0.15) is 19.3 Å². The van der Waals surface area contributed by atoms with E-state index in [9.17, 15) is 9.18 Å². The van der Waals surface area contributed by atoms with Gasteiger partial charge in [0.15, 0.2) is 0 Å². The Labute approximate surface area is 118 Å². The van der Waals surface area contributed by atoms with Gasteiger partial charge in [0.25, 0.3) is 0 Å². The Kier molecular flexibility index (Phi) is 4.95. The molecular formula is C15H21FN2O2. The highest BCUT2D eigenvalue weighted by Crippen LogP contribution is 2.27. The van der Waals surface area contributed by atoms with E-state index in [-0.39, 0.29) is 23.7 Å². The lowest BCUT2D eigenvalue weighted by molar-refractivity contribution is -0.141. The molecule has 20 heavy (non-hydrogen) atoms. The summed E-state index contributed by atoms with van der Waals surface area (Å²) in [6.45, 7) is 1.38. The molecule has 1 aliphatic rings. The molecule has 0 aliphatic carbocycles. The number of hydrogen-bond acceptors (Lipinski definition) is 4. The molecule has 0 spiro atoms. The Balaban J connectivity index is 2.01. The van der Waals surface area contributed by atoms with Crippen molar-refractivity contribution >= 4 is 11.7 Å². The van der Waals surface area contributed by atoms with Crippen molar-refractivity contribution in [3.8, 4) is 0 Å². The fourth-order valence-electron chi connectivity index (χ4n) is 2.78. The second-order valence-electron chi connectivity index (χ2n) is 5.33. The van der Waals surface area contributed by atoms with Gasteiger partial charge >= 0.3 is 5.97 Å². The first-order valence-electron chi connectivity index (χ1n) is 6.92. The van der Waals surface area contributed by atoms with Gasteiger partial charge in [0, 0.05) is 25.6 Å². The molecule has 0 saturated carbocycles. The van der Waals surface area contributed by atoms with E-state index < -0.39 is 0 Å². The van der Waals surface area contributed by atoms with Crippen LogP contribution in [0, 0.1) is 11.7 Å². The molecule has 1 saturated heterocycles. The third kappa shape index (κ3) is 3.70. The number of para-hydroxylation sites is 1. The molecule has 0 aromatic heterocycles. The number of methoxy groups -OCH3 is 1. The Hall–Kier alpha value is -1.62. The number of esters is 1. The standard InChI is InChI=1S/C15H21FN2O2/c1-20-15(19)7-6-11-8-12(17)10-18(9-11)14-5-3-2-4-13(14)16/h2-5,11-12H,6-10,17H2,1H3. The zero-order valence-electron chi connectivity index (χ0n) is 11.7. The molecule has 1 aromatic carbocycles. The molecular weight excluding hydrogens is 259 g/mol. The maximum atomic E-state index is 13.8. The molecule has 4 nitrogen and oxygen atoms in total. The third-order valence-electron chi connectivity index (χ3n) is 3.75. The van der Waals surface area contributed by atoms with Crippen molar-refractivity contribution in [2.75, 3.05) is 25.1 Å². The van der Waals surface area contributed by atoms with E-state index in [2.05, 4.69) is 4.74 Å². The smallest absolute Gasteiger partial charge is 0.305 e. The molecule has 1 aromatic rings. The van der Waals surface area contributed by atoms with Crippen molar-refractivity contribution in [2.24, 2.45) is 11.7 Å². The maximum Gasteiger partial charge on any atom is 0.305 e. The number of hydrogen-bond donors (Lipinski definition) is 1. The molecule has 110 valence electrons. The predicted octanol–water partition coefficient (Wildman–Crippen LogP) is 1.93. The van der Waals surface area contributed by atoms with Crippen LogP contribution >= 0.6 is 0 Å². The summed E-state index contributed by atoms with van der Waals surface area (Å²) < 4.78 is 18.5. The number of anilines is 1. The van der Waals surface area contributed by atoms with Gasteiger partial charge in [-0.3, -0.25) is 4.79 Å². The minimum Gasteiger partial charge on any atom is -0.469 e. The van der Waals surface area contributed by atoms with Crippen molar-refractivity contribution < 1.29 is 13.9 Å². The van der Waals surface area contributed by atoms with Gasteiger partial charge in [-0.1, -0.05) is 12.1 Å². The van der Waals surface area contributed by atoms with Crippen LogP contribution in [0.5, 0.6) is 0 Å². The first-order chi connectivity index (χ1) is 9.60. The number of halogens is 1. The number of carbonyl (C=O) groups excluding carboxylic acids is 1. The third-order valence-corrected chi connectivity index (χ3v) is 3.75. The van der Waals surface area contributed by atoms with Crippen LogP contribution in [-0.4, -0.2) is 32.2 Å². The summed E-state index contributed by atoms with van der Waals surface area (Å²) in [4.78, 5) is 13.2. The van der Waals surface area contributed by atoms with Crippen LogP contribution < -0.4 is 10.6 Å². The van der Waals surface area contributed by atoms with Gasteiger partial charge in [0.1, 0.15) is 5.82 Å². The van der Waals surface area contributed by atoms with E-state index in [1.165, 1.54) is 13.2 Å². The summed E-state index contributed by atoms with van der Waals surface area (Å²) in [5, 5.41) is 0. The fraction of sp³-hybridized carbons (Fsp3) is 0.533. The number of carbonyl (C=O) groups is 1. The van der Waals surface area contributed by atoms with Crippen molar-refractivity contribution in [2.45, 2.75) is 25.3 Å². The highest BCUT2D eigenvalue weighted by atomic mass is 19.1. The van der Waals surface area contributed by atoms with Crippen molar-refractivity contribution in [3.05, 3.63) is 30.1 Å². The maximum absolute atomic E-state index is 13.8. The van der Waals surface area contributed by atoms with E-state index in [1.54, 1.807) is 12.1 Å². The average Bonchev–Trinajstić information content (AvgIpc) is 2.44. The molecule has 5 heteroatoms. The van der Waals surface area contributed by atoms with Crippen LogP contribution in [0.3, 0.4) is 0 Å². The fourth-order valence-corrected chi connectivity index (χ4v) is 2.78. The number of nitrogens with two attached hydrogens (primary N) is 1. The molecule has 0 radical (unpaired) electrons. The van der Waals surface area contributed by atoms with Crippen LogP contribution in [0.15, 0.2) is 24.3 Å². The Morgan fingerprint density at radius 2 is 2.20 bits per heavy atom. The molecule has 0 bridgehead atoms. The van der Waals surface area contributed by atoms with Crippen molar-refractivity contribution in [1.29, 1.82) is 0 Å². The summed E-state index contributed by atoms with van der Waals surface area (Å²) in [7, 11) is 1.39. The predicted molar refractivity (Wildman–Crippen MR) is 75.9 cm³/mol. The average molecular weight is 280 g/mol. The summed E-state index contributed by atoms with van der Waals surface area (Å²) in [5.74, 6) is -0.146. The minimum atomic E-state index is -0.228. The first kappa shape index (κ1) is 14.8. The molecule has 1 heterocycles. The van der Waals surface area contributed by atoms with E-state index in [0.717, 1.165) is 19.4 Å². The molecule has 2 rings (SSSR count). The lowest BCUT2D eigenvalue weighted by Gasteiger charge is -2.38. The van der Waals surface area contributed by atoms with Crippen LogP contribution in [0.25, 0.3) is 0 Å². The van der Waals surface area contributed by atoms with Crippen LogP contribution in [0.2, 0.25) is 0 Å². The van der Waals surface area contributed by atoms with Gasteiger partial charge in [-0.05, 0) is 30.9 Å². The van der Waals surface area contributed by atoms with Gasteiger partial charge in [-0.25, -0.2) is 4.39 Å². The number of nitrogens with zero attached hydrogens (tertiary/aromatic N) is 1. The molecule has 2 N–H and O–H groups in total. The zero-order valence-corrected chi connectivity index (χ0v) is 11.7. The van der Waals surface area contributed by atoms with E-state index in [0.29, 0.717) is 18.7 Å². The van der Waals surface area contributed by atoms with Gasteiger partial charge in [0.05, 0.1) is 12.8 Å². The van der Waals surface area contributed by atoms with E-state index in [1.807, 2.05) is 11.0 Å². The van der Waals surface area contributed by atoms with Gasteiger partial charge < -0.3 is 15.4 Å². The molecule has 2 unspecified atom stereocenters. The Morgan fingerprint density at radius 3 is 2.90 bits per heavy atom. The highest BCUT2D eigenvalue weighted by molar-refractivity contribution is 5.69. The Bertz CT molecular complexity index is 467. The highest BCUT2D eigenvalue weighted by Gasteiger charge is 2.26. The summed E-state index contributed by atoms with van der Waals surface area (Å²) in [6, 6.07) is 6.73. The lowest BCUT2D eigenvalue weighted by atomic mass is 9.90. The largest absolute Gasteiger partial charge is 0.469 e. The number of benzene rings is 1. The van der Waals surface area contributed by atoms with E-state index >= 15 is 0 Å². The summed E-state index contributed by atoms with van der Waals surface area (Å²) in [6.07, 6.45) is 1.98. The van der Waals surface area contributed by atoms with Gasteiger partial charge in [0.2, 0.25) is 0 Å². The second-order valence-corrected chi connectivity index (χ2v) is 5.33. The zero-order chi connectivity index (χ0) is 14.5. The quantitative estimate of drug-likeness (QED) is 0.856. The van der Waals surface area contributed by atoms with Crippen LogP contribution in [-0.2, 0) is 9.53 Å². The van der Waals surface area contributed by atoms with Crippen LogP contribution in [0.4, 0.5) is 10.1 Å². The lowest BCUT2D eigenvalue weighted by Crippen LogP contribution is -2.47. The number of ether oxygens (including phenoxy) is 1. The monoisotopic (exact) mass is 280 g/mol. The Morgan fingerprint density at radius 1 is 1.45 bits per heavy atom. The molecule has 1 aliphatic heterocycles.